The van der Waals surface area contributed by atoms with Crippen LogP contribution in [-0.4, -0.2) is 15.1 Å². The summed E-state index contributed by atoms with van der Waals surface area (Å²) in [6.07, 6.45) is 4.48. The largest absolute Gasteiger partial charge is 0.382 e. The number of aliphatic hydroxyl groups excluding tert-OH is 1. The fourth-order valence-electron chi connectivity index (χ4n) is 2.07. The van der Waals surface area contributed by atoms with Crippen molar-refractivity contribution in [2.75, 3.05) is 0 Å². The van der Waals surface area contributed by atoms with Crippen molar-refractivity contribution in [2.24, 2.45) is 0 Å². The number of hydrogen-bond acceptors (Lipinski definition) is 3. The Morgan fingerprint density at radius 3 is 2.72 bits per heavy atom. The van der Waals surface area contributed by atoms with Gasteiger partial charge in [-0.05, 0) is 29.1 Å². The molecule has 0 spiro atoms. The molecular weight excluding hydrogens is 224 g/mol. The fraction of sp³-hybridized carbons (Fsp3) is 0.0667. The molecule has 18 heavy (non-hydrogen) atoms. The van der Waals surface area contributed by atoms with Crippen molar-refractivity contribution in [1.82, 2.24) is 9.97 Å². The van der Waals surface area contributed by atoms with E-state index in [2.05, 4.69) is 9.97 Å². The minimum atomic E-state index is -0.723. The Balaban J connectivity index is 2.15. The molecule has 1 N–H and O–H groups in total. The first kappa shape index (κ1) is 10.9. The Bertz CT molecular complexity index is 662. The van der Waals surface area contributed by atoms with E-state index in [0.29, 0.717) is 5.69 Å². The van der Waals surface area contributed by atoms with Gasteiger partial charge in [0.1, 0.15) is 6.10 Å². The Labute approximate surface area is 105 Å². The lowest BCUT2D eigenvalue weighted by Crippen LogP contribution is -2.02. The van der Waals surface area contributed by atoms with Crippen LogP contribution in [0.3, 0.4) is 0 Å². The zero-order valence-electron chi connectivity index (χ0n) is 9.69. The molecule has 1 aromatic carbocycles. The van der Waals surface area contributed by atoms with Crippen LogP contribution in [0, 0.1) is 0 Å². The van der Waals surface area contributed by atoms with Crippen LogP contribution in [0.5, 0.6) is 0 Å². The maximum absolute atomic E-state index is 10.4. The van der Waals surface area contributed by atoms with E-state index < -0.39 is 6.10 Å². The molecule has 0 saturated heterocycles. The molecular formula is C15H12N2O. The summed E-state index contributed by atoms with van der Waals surface area (Å²) in [7, 11) is 0. The number of fused-ring (bicyclic) bond motifs is 1. The van der Waals surface area contributed by atoms with Gasteiger partial charge in [-0.25, -0.2) is 0 Å². The van der Waals surface area contributed by atoms with Gasteiger partial charge in [-0.3, -0.25) is 9.97 Å². The van der Waals surface area contributed by atoms with E-state index in [1.54, 1.807) is 18.6 Å². The van der Waals surface area contributed by atoms with Gasteiger partial charge in [0.25, 0.3) is 0 Å². The summed E-state index contributed by atoms with van der Waals surface area (Å²) in [5, 5.41) is 12.4. The Kier molecular flexibility index (Phi) is 2.74. The molecule has 3 nitrogen and oxygen atoms in total. The van der Waals surface area contributed by atoms with Gasteiger partial charge in [0.05, 0.1) is 5.69 Å². The second-order valence-electron chi connectivity index (χ2n) is 4.10. The summed E-state index contributed by atoms with van der Waals surface area (Å²) in [6, 6.07) is 13.3. The Morgan fingerprint density at radius 1 is 0.944 bits per heavy atom. The third-order valence-corrected chi connectivity index (χ3v) is 2.98. The molecule has 3 rings (SSSR count). The highest BCUT2D eigenvalue weighted by Gasteiger charge is 2.14. The molecule has 1 unspecified atom stereocenters. The maximum Gasteiger partial charge on any atom is 0.122 e. The summed E-state index contributed by atoms with van der Waals surface area (Å²) in [5.41, 5.74) is 1.48. The maximum atomic E-state index is 10.4. The molecule has 0 aliphatic carbocycles. The summed E-state index contributed by atoms with van der Waals surface area (Å²) in [6.45, 7) is 0. The van der Waals surface area contributed by atoms with Crippen molar-refractivity contribution in [3.8, 4) is 0 Å². The van der Waals surface area contributed by atoms with Crippen LogP contribution in [0.4, 0.5) is 0 Å². The smallest absolute Gasteiger partial charge is 0.122 e. The van der Waals surface area contributed by atoms with Gasteiger partial charge in [-0.1, -0.05) is 24.3 Å². The molecule has 0 amide bonds. The fourth-order valence-corrected chi connectivity index (χ4v) is 2.07. The highest BCUT2D eigenvalue weighted by molar-refractivity contribution is 5.85. The summed E-state index contributed by atoms with van der Waals surface area (Å²) < 4.78 is 0. The van der Waals surface area contributed by atoms with Gasteiger partial charge in [0, 0.05) is 24.0 Å². The molecule has 3 aromatic rings. The van der Waals surface area contributed by atoms with Crippen molar-refractivity contribution in [3.63, 3.8) is 0 Å². The monoisotopic (exact) mass is 236 g/mol. The molecule has 2 heterocycles. The number of aromatic nitrogens is 2. The minimum Gasteiger partial charge on any atom is -0.382 e. The van der Waals surface area contributed by atoms with Crippen molar-refractivity contribution in [3.05, 3.63) is 72.3 Å². The van der Waals surface area contributed by atoms with E-state index in [1.807, 2.05) is 42.5 Å². The average Bonchev–Trinajstić information content (AvgIpc) is 2.47. The van der Waals surface area contributed by atoms with Crippen LogP contribution in [0.25, 0.3) is 10.8 Å². The highest BCUT2D eigenvalue weighted by Crippen LogP contribution is 2.27. The van der Waals surface area contributed by atoms with E-state index >= 15 is 0 Å². The lowest BCUT2D eigenvalue weighted by molar-refractivity contribution is 0.217. The molecule has 0 fully saturated rings. The lowest BCUT2D eigenvalue weighted by atomic mass is 10.00. The van der Waals surface area contributed by atoms with Crippen LogP contribution < -0.4 is 0 Å². The van der Waals surface area contributed by atoms with Gasteiger partial charge in [-0.2, -0.15) is 0 Å². The molecule has 2 aromatic heterocycles. The van der Waals surface area contributed by atoms with Crippen molar-refractivity contribution < 1.29 is 5.11 Å². The second-order valence-corrected chi connectivity index (χ2v) is 4.10. The topological polar surface area (TPSA) is 46.0 Å². The van der Waals surface area contributed by atoms with Gasteiger partial charge in [-0.15, -0.1) is 0 Å². The number of nitrogens with zero attached hydrogens (tertiary/aromatic N) is 2. The summed E-state index contributed by atoms with van der Waals surface area (Å²) in [5.74, 6) is 0. The first-order valence-corrected chi connectivity index (χ1v) is 5.78. The van der Waals surface area contributed by atoms with Gasteiger partial charge in [0.2, 0.25) is 0 Å². The zero-order chi connectivity index (χ0) is 12.4. The van der Waals surface area contributed by atoms with Crippen LogP contribution >= 0.6 is 0 Å². The number of hydrogen-bond donors (Lipinski definition) is 1. The SMILES string of the molecule is OC(c1ccccn1)c1cccc2ccncc12. The molecule has 3 heteroatoms. The molecule has 0 bridgehead atoms. The van der Waals surface area contributed by atoms with E-state index in [1.165, 1.54) is 0 Å². The first-order valence-electron chi connectivity index (χ1n) is 5.78. The summed E-state index contributed by atoms with van der Waals surface area (Å²) >= 11 is 0. The second kappa shape index (κ2) is 4.55. The van der Waals surface area contributed by atoms with Crippen LogP contribution in [-0.2, 0) is 0 Å². The van der Waals surface area contributed by atoms with Crippen molar-refractivity contribution in [1.29, 1.82) is 0 Å². The average molecular weight is 236 g/mol. The molecule has 0 saturated carbocycles. The van der Waals surface area contributed by atoms with Crippen molar-refractivity contribution >= 4 is 10.8 Å². The van der Waals surface area contributed by atoms with Crippen LogP contribution in [0.2, 0.25) is 0 Å². The highest BCUT2D eigenvalue weighted by atomic mass is 16.3. The Hall–Kier alpha value is -2.26. The molecule has 0 aliphatic heterocycles. The van der Waals surface area contributed by atoms with Crippen molar-refractivity contribution in [2.45, 2.75) is 6.10 Å². The summed E-state index contributed by atoms with van der Waals surface area (Å²) in [4.78, 5) is 8.31. The normalized spacial score (nSPS) is 12.5. The predicted molar refractivity (Wildman–Crippen MR) is 70.0 cm³/mol. The zero-order valence-corrected chi connectivity index (χ0v) is 9.69. The van der Waals surface area contributed by atoms with Crippen LogP contribution in [0.15, 0.2) is 61.1 Å². The van der Waals surface area contributed by atoms with E-state index in [0.717, 1.165) is 16.3 Å². The van der Waals surface area contributed by atoms with E-state index in [9.17, 15) is 5.11 Å². The number of aliphatic hydroxyl groups is 1. The van der Waals surface area contributed by atoms with Crippen LogP contribution in [0.1, 0.15) is 17.4 Å². The predicted octanol–water partition coefficient (Wildman–Crippen LogP) is 2.71. The quantitative estimate of drug-likeness (QED) is 0.744. The number of rotatable bonds is 2. The molecule has 88 valence electrons. The molecule has 0 aliphatic rings. The molecule has 0 radical (unpaired) electrons. The lowest BCUT2D eigenvalue weighted by Gasteiger charge is -2.12. The minimum absolute atomic E-state index is 0.647. The Morgan fingerprint density at radius 2 is 1.89 bits per heavy atom. The standard InChI is InChI=1S/C15H12N2O/c18-15(14-6-1-2-8-17-14)12-5-3-4-11-7-9-16-10-13(11)12/h1-10,15,18H. The van der Waals surface area contributed by atoms with Gasteiger partial charge >= 0.3 is 0 Å². The molecule has 1 atom stereocenters. The van der Waals surface area contributed by atoms with E-state index in [-0.39, 0.29) is 0 Å². The van der Waals surface area contributed by atoms with Gasteiger partial charge in [0.15, 0.2) is 0 Å². The van der Waals surface area contributed by atoms with Gasteiger partial charge < -0.3 is 5.11 Å². The van der Waals surface area contributed by atoms with E-state index in [4.69, 9.17) is 0 Å². The third kappa shape index (κ3) is 1.85. The number of benzene rings is 1. The third-order valence-electron chi connectivity index (χ3n) is 2.98. The first-order chi connectivity index (χ1) is 8.86. The number of pyridine rings is 2.